The molecule has 0 amide bonds. The number of nitrogen functional groups attached to an aromatic ring is 1. The number of hydrogen-bond acceptors (Lipinski definition) is 2. The molecule has 2 rings (SSSR count). The summed E-state index contributed by atoms with van der Waals surface area (Å²) in [5, 5.41) is 3.35. The van der Waals surface area contributed by atoms with E-state index in [2.05, 4.69) is 37.4 Å². The van der Waals surface area contributed by atoms with E-state index in [1.807, 2.05) is 36.4 Å². The summed E-state index contributed by atoms with van der Waals surface area (Å²) >= 11 is 0. The Morgan fingerprint density at radius 2 is 1.52 bits per heavy atom. The zero-order valence-corrected chi connectivity index (χ0v) is 13.3. The molecule has 0 aliphatic carbocycles. The van der Waals surface area contributed by atoms with Crippen LogP contribution in [0.3, 0.4) is 0 Å². The van der Waals surface area contributed by atoms with Gasteiger partial charge in [-0.05, 0) is 36.6 Å². The van der Waals surface area contributed by atoms with Crippen LogP contribution < -0.4 is 11.1 Å². The second-order valence-electron chi connectivity index (χ2n) is 5.10. The molecule has 0 fully saturated rings. The molecule has 2 aromatic carbocycles. The molecule has 114 valence electrons. The quantitative estimate of drug-likeness (QED) is 0.570. The minimum absolute atomic E-state index is 0.921. The summed E-state index contributed by atoms with van der Waals surface area (Å²) < 4.78 is 0. The van der Waals surface area contributed by atoms with Gasteiger partial charge in [0.1, 0.15) is 0 Å². The van der Waals surface area contributed by atoms with Gasteiger partial charge in [-0.1, -0.05) is 63.1 Å². The second-order valence-corrected chi connectivity index (χ2v) is 5.10. The van der Waals surface area contributed by atoms with Gasteiger partial charge in [-0.2, -0.15) is 0 Å². The van der Waals surface area contributed by atoms with E-state index in [4.69, 9.17) is 5.73 Å². The minimum atomic E-state index is 0.921. The lowest BCUT2D eigenvalue weighted by Gasteiger charge is -2.03. The summed E-state index contributed by atoms with van der Waals surface area (Å²) in [6.45, 7) is 5.44. The van der Waals surface area contributed by atoms with Crippen LogP contribution in [0, 0.1) is 0 Å². The highest BCUT2D eigenvalue weighted by atomic mass is 14.9. The number of nitrogens with one attached hydrogen (secondary N) is 1. The zero-order chi connectivity index (χ0) is 15.3. The summed E-state index contributed by atoms with van der Waals surface area (Å²) in [6.07, 6.45) is 4.75. The molecule has 0 radical (unpaired) electrons. The molecular formula is C19H28N2. The van der Waals surface area contributed by atoms with Crippen LogP contribution in [0.25, 0.3) is 0 Å². The SMILES string of the molecule is CCCCNc1ccccc1.CCCc1ccccc1N. The predicted octanol–water partition coefficient (Wildman–Crippen LogP) is 5.12. The van der Waals surface area contributed by atoms with Gasteiger partial charge < -0.3 is 11.1 Å². The molecule has 0 saturated carbocycles. The smallest absolute Gasteiger partial charge is 0.0346 e. The number of nitrogens with two attached hydrogens (primary N) is 1. The van der Waals surface area contributed by atoms with E-state index >= 15 is 0 Å². The summed E-state index contributed by atoms with van der Waals surface area (Å²) in [4.78, 5) is 0. The zero-order valence-electron chi connectivity index (χ0n) is 13.3. The standard InChI is InChI=1S/C10H15N.C9H13N/c1-2-3-9-11-10-7-5-4-6-8-10;1-2-5-8-6-3-4-7-9(8)10/h4-8,11H,2-3,9H2,1H3;3-4,6-7H,2,5,10H2,1H3. The van der Waals surface area contributed by atoms with Gasteiger partial charge in [-0.3, -0.25) is 0 Å². The molecule has 0 aliphatic rings. The summed E-state index contributed by atoms with van der Waals surface area (Å²) in [6, 6.07) is 18.3. The van der Waals surface area contributed by atoms with Crippen molar-refractivity contribution < 1.29 is 0 Å². The van der Waals surface area contributed by atoms with Gasteiger partial charge in [0, 0.05) is 17.9 Å². The lowest BCUT2D eigenvalue weighted by Crippen LogP contribution is -1.99. The van der Waals surface area contributed by atoms with E-state index in [0.717, 1.165) is 25.1 Å². The van der Waals surface area contributed by atoms with Crippen molar-refractivity contribution in [1.29, 1.82) is 0 Å². The molecule has 0 heterocycles. The number of rotatable bonds is 6. The molecule has 0 bridgehead atoms. The number of unbranched alkanes of at least 4 members (excludes halogenated alkanes) is 1. The maximum Gasteiger partial charge on any atom is 0.0346 e. The third kappa shape index (κ3) is 7.40. The number of hydrogen-bond donors (Lipinski definition) is 2. The van der Waals surface area contributed by atoms with E-state index in [0.29, 0.717) is 0 Å². The van der Waals surface area contributed by atoms with Crippen molar-refractivity contribution in [3.63, 3.8) is 0 Å². The predicted molar refractivity (Wildman–Crippen MR) is 94.7 cm³/mol. The number of aryl methyl sites for hydroxylation is 1. The molecule has 0 saturated heterocycles. The maximum atomic E-state index is 5.71. The van der Waals surface area contributed by atoms with Crippen LogP contribution in [0.2, 0.25) is 0 Å². The molecule has 21 heavy (non-hydrogen) atoms. The van der Waals surface area contributed by atoms with Crippen molar-refractivity contribution in [2.75, 3.05) is 17.6 Å². The van der Waals surface area contributed by atoms with Crippen LogP contribution in [0.5, 0.6) is 0 Å². The lowest BCUT2D eigenvalue weighted by molar-refractivity contribution is 0.834. The first-order chi connectivity index (χ1) is 10.3. The Morgan fingerprint density at radius 3 is 2.14 bits per heavy atom. The van der Waals surface area contributed by atoms with Gasteiger partial charge in [0.05, 0.1) is 0 Å². The Balaban J connectivity index is 0.000000211. The molecule has 0 spiro atoms. The van der Waals surface area contributed by atoms with Gasteiger partial charge in [0.15, 0.2) is 0 Å². The number of benzene rings is 2. The van der Waals surface area contributed by atoms with E-state index in [1.54, 1.807) is 0 Å². The fourth-order valence-corrected chi connectivity index (χ4v) is 2.00. The molecule has 0 atom stereocenters. The highest BCUT2D eigenvalue weighted by molar-refractivity contribution is 5.46. The molecule has 3 N–H and O–H groups in total. The highest BCUT2D eigenvalue weighted by Gasteiger charge is 1.93. The van der Waals surface area contributed by atoms with Crippen LogP contribution in [-0.4, -0.2) is 6.54 Å². The van der Waals surface area contributed by atoms with Crippen molar-refractivity contribution >= 4 is 11.4 Å². The van der Waals surface area contributed by atoms with Gasteiger partial charge in [0.25, 0.3) is 0 Å². The largest absolute Gasteiger partial charge is 0.399 e. The van der Waals surface area contributed by atoms with Crippen molar-refractivity contribution in [1.82, 2.24) is 0 Å². The Morgan fingerprint density at radius 1 is 0.857 bits per heavy atom. The second kappa shape index (κ2) is 10.8. The van der Waals surface area contributed by atoms with Gasteiger partial charge >= 0.3 is 0 Å². The lowest BCUT2D eigenvalue weighted by atomic mass is 10.1. The molecular weight excluding hydrogens is 256 g/mol. The summed E-state index contributed by atoms with van der Waals surface area (Å²) in [5.41, 5.74) is 9.12. The minimum Gasteiger partial charge on any atom is -0.399 e. The molecule has 2 aromatic rings. The van der Waals surface area contributed by atoms with E-state index in [9.17, 15) is 0 Å². The van der Waals surface area contributed by atoms with Crippen LogP contribution in [0.15, 0.2) is 54.6 Å². The Bertz CT molecular complexity index is 480. The molecule has 0 unspecified atom stereocenters. The molecule has 2 heteroatoms. The third-order valence-electron chi connectivity index (χ3n) is 3.21. The Hall–Kier alpha value is -1.96. The van der Waals surface area contributed by atoms with E-state index in [1.165, 1.54) is 24.1 Å². The van der Waals surface area contributed by atoms with Crippen molar-refractivity contribution in [3.8, 4) is 0 Å². The molecule has 0 aliphatic heterocycles. The highest BCUT2D eigenvalue weighted by Crippen LogP contribution is 2.11. The van der Waals surface area contributed by atoms with Crippen molar-refractivity contribution in [2.45, 2.75) is 39.5 Å². The van der Waals surface area contributed by atoms with Gasteiger partial charge in [0.2, 0.25) is 0 Å². The van der Waals surface area contributed by atoms with Crippen LogP contribution in [-0.2, 0) is 6.42 Å². The normalized spacial score (nSPS) is 9.62. The van der Waals surface area contributed by atoms with Crippen molar-refractivity contribution in [2.24, 2.45) is 0 Å². The van der Waals surface area contributed by atoms with Crippen LogP contribution in [0.1, 0.15) is 38.7 Å². The summed E-state index contributed by atoms with van der Waals surface area (Å²) in [7, 11) is 0. The van der Waals surface area contributed by atoms with Crippen LogP contribution >= 0.6 is 0 Å². The van der Waals surface area contributed by atoms with E-state index < -0.39 is 0 Å². The first-order valence-corrected chi connectivity index (χ1v) is 7.90. The van der Waals surface area contributed by atoms with E-state index in [-0.39, 0.29) is 0 Å². The fraction of sp³-hybridized carbons (Fsp3) is 0.368. The average Bonchev–Trinajstić information content (AvgIpc) is 2.52. The number of para-hydroxylation sites is 2. The third-order valence-corrected chi connectivity index (χ3v) is 3.21. The fourth-order valence-electron chi connectivity index (χ4n) is 2.00. The Labute approximate surface area is 129 Å². The first kappa shape index (κ1) is 17.1. The molecule has 2 nitrogen and oxygen atoms in total. The topological polar surface area (TPSA) is 38.0 Å². The maximum absolute atomic E-state index is 5.71. The van der Waals surface area contributed by atoms with Gasteiger partial charge in [-0.15, -0.1) is 0 Å². The van der Waals surface area contributed by atoms with Gasteiger partial charge in [-0.25, -0.2) is 0 Å². The van der Waals surface area contributed by atoms with Crippen molar-refractivity contribution in [3.05, 3.63) is 60.2 Å². The first-order valence-electron chi connectivity index (χ1n) is 7.90. The number of anilines is 2. The van der Waals surface area contributed by atoms with Crippen LogP contribution in [0.4, 0.5) is 11.4 Å². The summed E-state index contributed by atoms with van der Waals surface area (Å²) in [5.74, 6) is 0. The average molecular weight is 284 g/mol. The Kier molecular flexibility index (Phi) is 8.78. The molecule has 0 aromatic heterocycles. The monoisotopic (exact) mass is 284 g/mol.